The number of methoxy groups -OCH3 is 1. The molecule has 3 aliphatic rings. The maximum absolute atomic E-state index is 14.5. The molecule has 0 aromatic heterocycles. The van der Waals surface area contributed by atoms with Gasteiger partial charge in [0.05, 0.1) is 12.6 Å². The van der Waals surface area contributed by atoms with Crippen molar-refractivity contribution in [1.29, 1.82) is 0 Å². The molecule has 6 heteroatoms. The molecule has 4 nitrogen and oxygen atoms in total. The third kappa shape index (κ3) is 4.77. The number of allylic oxidation sites excluding steroid dienone is 3. The molecule has 0 unspecified atom stereocenters. The predicted octanol–water partition coefficient (Wildman–Crippen LogP) is 4.93. The summed E-state index contributed by atoms with van der Waals surface area (Å²) in [6.07, 6.45) is 6.85. The normalized spacial score (nSPS) is 29.8. The van der Waals surface area contributed by atoms with Gasteiger partial charge in [0.25, 0.3) is 0 Å². The van der Waals surface area contributed by atoms with Gasteiger partial charge in [0.2, 0.25) is 0 Å². The summed E-state index contributed by atoms with van der Waals surface area (Å²) in [6.45, 7) is 11.1. The minimum absolute atomic E-state index is 0.111. The number of rotatable bonds is 3. The molecule has 0 saturated carbocycles. The minimum atomic E-state index is -0.690. The van der Waals surface area contributed by atoms with Crippen LogP contribution in [-0.4, -0.2) is 42.6 Å². The highest BCUT2D eigenvalue weighted by atomic mass is 79.9. The van der Waals surface area contributed by atoms with Crippen LogP contribution in [0.5, 0.6) is 0 Å². The summed E-state index contributed by atoms with van der Waals surface area (Å²) in [5, 5.41) is 0. The van der Waals surface area contributed by atoms with Gasteiger partial charge in [0.15, 0.2) is 0 Å². The number of amidine groups is 1. The summed E-state index contributed by atoms with van der Waals surface area (Å²) in [4.78, 5) is 6.95. The van der Waals surface area contributed by atoms with Gasteiger partial charge in [-0.1, -0.05) is 49.2 Å². The van der Waals surface area contributed by atoms with Crippen molar-refractivity contribution >= 4 is 21.8 Å². The lowest BCUT2D eigenvalue weighted by molar-refractivity contribution is 0.0698. The molecule has 0 aromatic carbocycles. The third-order valence-corrected chi connectivity index (χ3v) is 5.24. The summed E-state index contributed by atoms with van der Waals surface area (Å²) in [6, 6.07) is 0.111. The molecule has 2 N–H and O–H groups in total. The lowest BCUT2D eigenvalue weighted by atomic mass is 9.78. The van der Waals surface area contributed by atoms with Crippen LogP contribution in [0.3, 0.4) is 0 Å². The van der Waals surface area contributed by atoms with E-state index < -0.39 is 5.54 Å². The van der Waals surface area contributed by atoms with Crippen LogP contribution in [0.25, 0.3) is 0 Å². The monoisotopic (exact) mass is 429 g/mol. The molecular weight excluding hydrogens is 397 g/mol. The second-order valence-corrected chi connectivity index (χ2v) is 7.38. The molecule has 0 radical (unpaired) electrons. The summed E-state index contributed by atoms with van der Waals surface area (Å²) in [5.41, 5.74) is 6.81. The molecule has 2 heterocycles. The van der Waals surface area contributed by atoms with E-state index in [1.54, 1.807) is 13.2 Å². The SMILES string of the molecule is CC.CC.COC[C@]1([C@@H]2CC(Br)=CC=C2F)CN2C=C(C)C[C@@H]2C(N)=N1. The van der Waals surface area contributed by atoms with E-state index in [4.69, 9.17) is 15.5 Å². The smallest absolute Gasteiger partial charge is 0.118 e. The number of nitrogens with zero attached hydrogens (tertiary/aromatic N) is 2. The highest BCUT2D eigenvalue weighted by Crippen LogP contribution is 2.42. The van der Waals surface area contributed by atoms with Gasteiger partial charge in [-0.05, 0) is 42.6 Å². The van der Waals surface area contributed by atoms with Crippen LogP contribution in [0.2, 0.25) is 0 Å². The maximum Gasteiger partial charge on any atom is 0.118 e. The number of fused-ring (bicyclic) bond motifs is 1. The average Bonchev–Trinajstić information content (AvgIpc) is 3.01. The quantitative estimate of drug-likeness (QED) is 0.691. The van der Waals surface area contributed by atoms with Gasteiger partial charge < -0.3 is 15.4 Å². The van der Waals surface area contributed by atoms with Crippen LogP contribution in [0, 0.1) is 5.92 Å². The number of ether oxygens (including phenoxy) is 1. The Morgan fingerprint density at radius 3 is 2.58 bits per heavy atom. The van der Waals surface area contributed by atoms with Crippen molar-refractivity contribution in [3.8, 4) is 0 Å². The van der Waals surface area contributed by atoms with Crippen molar-refractivity contribution in [2.24, 2.45) is 16.6 Å². The lowest BCUT2D eigenvalue weighted by Gasteiger charge is -2.45. The summed E-state index contributed by atoms with van der Waals surface area (Å²) < 4.78 is 20.9. The van der Waals surface area contributed by atoms with E-state index in [0.29, 0.717) is 25.4 Å². The Labute approximate surface area is 166 Å². The van der Waals surface area contributed by atoms with E-state index in [9.17, 15) is 4.39 Å². The summed E-state index contributed by atoms with van der Waals surface area (Å²) >= 11 is 3.48. The van der Waals surface area contributed by atoms with Crippen molar-refractivity contribution in [3.05, 3.63) is 34.2 Å². The van der Waals surface area contributed by atoms with Crippen molar-refractivity contribution in [1.82, 2.24) is 4.90 Å². The third-order valence-electron chi connectivity index (χ3n) is 4.65. The van der Waals surface area contributed by atoms with Crippen molar-refractivity contribution in [3.63, 3.8) is 0 Å². The number of hydrogen-bond acceptors (Lipinski definition) is 4. The van der Waals surface area contributed by atoms with E-state index >= 15 is 0 Å². The van der Waals surface area contributed by atoms with E-state index in [-0.39, 0.29) is 17.8 Å². The van der Waals surface area contributed by atoms with Crippen LogP contribution in [-0.2, 0) is 4.74 Å². The Morgan fingerprint density at radius 1 is 1.31 bits per heavy atom. The molecule has 3 rings (SSSR count). The molecule has 0 amide bonds. The van der Waals surface area contributed by atoms with Crippen LogP contribution >= 0.6 is 15.9 Å². The van der Waals surface area contributed by atoms with Gasteiger partial charge in [-0.15, -0.1) is 0 Å². The largest absolute Gasteiger partial charge is 0.386 e. The van der Waals surface area contributed by atoms with E-state index in [0.717, 1.165) is 10.9 Å². The van der Waals surface area contributed by atoms with Crippen LogP contribution in [0.15, 0.2) is 39.2 Å². The van der Waals surface area contributed by atoms with Crippen molar-refractivity contribution in [2.75, 3.05) is 20.3 Å². The summed E-state index contributed by atoms with van der Waals surface area (Å²) in [7, 11) is 1.62. The molecule has 0 spiro atoms. The summed E-state index contributed by atoms with van der Waals surface area (Å²) in [5.74, 6) is 0.0608. The van der Waals surface area contributed by atoms with Gasteiger partial charge >= 0.3 is 0 Å². The van der Waals surface area contributed by atoms with E-state index in [1.807, 2.05) is 27.7 Å². The van der Waals surface area contributed by atoms with Gasteiger partial charge in [0, 0.05) is 19.6 Å². The van der Waals surface area contributed by atoms with Gasteiger partial charge in [0.1, 0.15) is 17.2 Å². The Hall–Kier alpha value is -1.14. The molecule has 2 aliphatic heterocycles. The fourth-order valence-corrected chi connectivity index (χ4v) is 4.13. The predicted molar refractivity (Wildman–Crippen MR) is 112 cm³/mol. The molecule has 0 aromatic rings. The fraction of sp³-hybridized carbons (Fsp3) is 0.650. The van der Waals surface area contributed by atoms with Crippen LogP contribution in [0.4, 0.5) is 4.39 Å². The second kappa shape index (κ2) is 10.3. The first-order valence-electron chi connectivity index (χ1n) is 9.44. The molecule has 0 bridgehead atoms. The first-order valence-corrected chi connectivity index (χ1v) is 10.2. The first-order chi connectivity index (χ1) is 12.4. The highest BCUT2D eigenvalue weighted by Gasteiger charge is 2.48. The number of hydrogen-bond donors (Lipinski definition) is 1. The van der Waals surface area contributed by atoms with Gasteiger partial charge in [-0.25, -0.2) is 4.39 Å². The molecule has 148 valence electrons. The Balaban J connectivity index is 0.000000791. The Kier molecular flexibility index (Phi) is 9.04. The van der Waals surface area contributed by atoms with Crippen molar-refractivity contribution in [2.45, 2.75) is 59.0 Å². The maximum atomic E-state index is 14.5. The standard InChI is InChI=1S/C16H21BrFN3O.2C2H6/c1-10-5-14-15(19)20-16(9-22-2,8-21(14)7-10)12-6-11(17)3-4-13(12)18;2*1-2/h3-4,7,12,14H,5-6,8-9H2,1-2H3,(H2,19,20);2*1-2H3/t12-,14-,16+;;/m1../s1. The molecular formula is C20H33BrFN3O. The molecule has 26 heavy (non-hydrogen) atoms. The molecule has 3 atom stereocenters. The van der Waals surface area contributed by atoms with E-state index in [2.05, 4.69) is 34.0 Å². The lowest BCUT2D eigenvalue weighted by Crippen LogP contribution is -2.58. The molecule has 0 saturated heterocycles. The van der Waals surface area contributed by atoms with Crippen LogP contribution < -0.4 is 5.73 Å². The zero-order chi connectivity index (χ0) is 19.9. The average molecular weight is 430 g/mol. The van der Waals surface area contributed by atoms with Crippen LogP contribution in [0.1, 0.15) is 47.5 Å². The molecule has 1 aliphatic carbocycles. The second-order valence-electron chi connectivity index (χ2n) is 6.36. The first kappa shape index (κ1) is 22.9. The van der Waals surface area contributed by atoms with Crippen molar-refractivity contribution < 1.29 is 9.13 Å². The Morgan fingerprint density at radius 2 is 1.96 bits per heavy atom. The van der Waals surface area contributed by atoms with Gasteiger partial charge in [-0.3, -0.25) is 4.99 Å². The topological polar surface area (TPSA) is 50.9 Å². The van der Waals surface area contributed by atoms with Gasteiger partial charge in [-0.2, -0.15) is 0 Å². The molecule has 0 fully saturated rings. The Bertz CT molecular complexity index is 600. The number of aliphatic imine (C=N–C) groups is 1. The zero-order valence-corrected chi connectivity index (χ0v) is 18.4. The number of halogens is 2. The fourth-order valence-electron chi connectivity index (χ4n) is 3.67. The van der Waals surface area contributed by atoms with E-state index in [1.165, 1.54) is 11.6 Å². The minimum Gasteiger partial charge on any atom is -0.386 e. The number of nitrogens with two attached hydrogens (primary N) is 1. The highest BCUT2D eigenvalue weighted by molar-refractivity contribution is 9.11. The zero-order valence-electron chi connectivity index (χ0n) is 16.9.